The maximum atomic E-state index is 13.7. The summed E-state index contributed by atoms with van der Waals surface area (Å²) in [6.45, 7) is 3.68. The molecule has 0 bridgehead atoms. The molecule has 3 atom stereocenters. The van der Waals surface area contributed by atoms with Crippen molar-refractivity contribution >= 4 is 29.5 Å². The monoisotopic (exact) mass is 505 g/mol. The van der Waals surface area contributed by atoms with Crippen molar-refractivity contribution in [3.8, 4) is 0 Å². The van der Waals surface area contributed by atoms with Crippen molar-refractivity contribution in [1.82, 2.24) is 14.5 Å². The maximum absolute atomic E-state index is 13.7. The number of hydrogen-bond donors (Lipinski definition) is 2. The lowest BCUT2D eigenvalue weighted by Gasteiger charge is -2.46. The molecule has 1 saturated heterocycles. The van der Waals surface area contributed by atoms with Crippen LogP contribution < -0.4 is 15.4 Å². The standard InChI is InChI=1S/C27H32N6O4/c1-5-19(20-9-7-6-8-10-20)16-23(34)32-24(26(36)31(4)27-29-11-12-30(27)3)21(25(32)35)14-18-13-17(2)33(37)22(28)15-18/h6-13,15,19,21,24,28,37H,5,14,16H2,1-4H3/p+1/t19-,21+,24-/m0/s1. The number of hydrogen-bond acceptors (Lipinski definition) is 6. The zero-order valence-corrected chi connectivity index (χ0v) is 21.5. The number of aromatic nitrogens is 3. The zero-order chi connectivity index (χ0) is 26.9. The van der Waals surface area contributed by atoms with E-state index in [4.69, 9.17) is 5.73 Å². The normalized spacial score (nSPS) is 17.8. The number of likely N-dealkylation sites (N-methyl/N-ethyl adjacent to an activating group) is 1. The van der Waals surface area contributed by atoms with Crippen molar-refractivity contribution in [1.29, 1.82) is 0 Å². The van der Waals surface area contributed by atoms with Crippen LogP contribution in [0.3, 0.4) is 0 Å². The van der Waals surface area contributed by atoms with Crippen molar-refractivity contribution in [3.63, 3.8) is 0 Å². The third-order valence-electron chi connectivity index (χ3n) is 7.11. The largest absolute Gasteiger partial charge is 0.349 e. The van der Waals surface area contributed by atoms with E-state index in [9.17, 15) is 19.6 Å². The van der Waals surface area contributed by atoms with Gasteiger partial charge in [-0.15, -0.1) is 0 Å². The van der Waals surface area contributed by atoms with Crippen LogP contribution in [0, 0.1) is 12.8 Å². The second-order valence-corrected chi connectivity index (χ2v) is 9.55. The summed E-state index contributed by atoms with van der Waals surface area (Å²) in [5.41, 5.74) is 8.10. The van der Waals surface area contributed by atoms with Gasteiger partial charge in [0.25, 0.3) is 5.91 Å². The number of rotatable bonds is 8. The van der Waals surface area contributed by atoms with Gasteiger partial charge in [0, 0.05) is 45.9 Å². The second kappa shape index (κ2) is 10.4. The Labute approximate surface area is 215 Å². The van der Waals surface area contributed by atoms with E-state index < -0.39 is 23.8 Å². The molecule has 10 heteroatoms. The molecule has 0 aliphatic carbocycles. The quantitative estimate of drug-likeness (QED) is 0.274. The molecule has 194 valence electrons. The minimum Gasteiger partial charge on any atom is -0.349 e. The van der Waals surface area contributed by atoms with E-state index in [1.54, 1.807) is 50.1 Å². The number of carbonyl (C=O) groups is 3. The van der Waals surface area contributed by atoms with Crippen LogP contribution in [0.2, 0.25) is 0 Å². The van der Waals surface area contributed by atoms with E-state index in [0.29, 0.717) is 17.2 Å². The number of β-lactam (4-membered cyclic amide) rings is 1. The van der Waals surface area contributed by atoms with Crippen molar-refractivity contribution in [2.24, 2.45) is 13.0 Å². The minimum absolute atomic E-state index is 0.0693. The fourth-order valence-corrected chi connectivity index (χ4v) is 5.02. The highest BCUT2D eigenvalue weighted by Gasteiger charge is 2.55. The summed E-state index contributed by atoms with van der Waals surface area (Å²) >= 11 is 0. The maximum Gasteiger partial charge on any atom is 0.312 e. The van der Waals surface area contributed by atoms with E-state index in [0.717, 1.165) is 21.6 Å². The lowest BCUT2D eigenvalue weighted by Crippen LogP contribution is -2.69. The summed E-state index contributed by atoms with van der Waals surface area (Å²) in [6, 6.07) is 12.0. The molecule has 1 aromatic carbocycles. The van der Waals surface area contributed by atoms with Gasteiger partial charge in [0.1, 0.15) is 11.7 Å². The molecule has 0 radical (unpaired) electrons. The van der Waals surface area contributed by atoms with Crippen LogP contribution in [0.25, 0.3) is 0 Å². The summed E-state index contributed by atoms with van der Waals surface area (Å²) in [7, 11) is 3.36. The molecule has 2 aromatic heterocycles. The molecule has 1 aliphatic heterocycles. The average Bonchev–Trinajstić information content (AvgIpc) is 3.32. The topological polar surface area (TPSA) is 126 Å². The number of amides is 3. The molecule has 1 aliphatic rings. The van der Waals surface area contributed by atoms with Crippen LogP contribution in [-0.4, -0.2) is 50.5 Å². The van der Waals surface area contributed by atoms with Gasteiger partial charge in [-0.25, -0.2) is 4.98 Å². The number of benzene rings is 1. The summed E-state index contributed by atoms with van der Waals surface area (Å²) in [5.74, 6) is -1.44. The van der Waals surface area contributed by atoms with Gasteiger partial charge >= 0.3 is 5.82 Å². The van der Waals surface area contributed by atoms with E-state index >= 15 is 0 Å². The number of imide groups is 1. The highest BCUT2D eigenvalue weighted by molar-refractivity contribution is 6.12. The Hall–Kier alpha value is -4.21. The zero-order valence-electron chi connectivity index (χ0n) is 21.5. The lowest BCUT2D eigenvalue weighted by molar-refractivity contribution is -0.897. The molecular weight excluding hydrogens is 472 g/mol. The first kappa shape index (κ1) is 25.9. The highest BCUT2D eigenvalue weighted by atomic mass is 16.5. The van der Waals surface area contributed by atoms with Crippen LogP contribution in [0.4, 0.5) is 11.8 Å². The number of likely N-dealkylation sites (tertiary alicyclic amines) is 1. The first-order valence-corrected chi connectivity index (χ1v) is 12.3. The fourth-order valence-electron chi connectivity index (χ4n) is 5.02. The second-order valence-electron chi connectivity index (χ2n) is 9.55. The van der Waals surface area contributed by atoms with Crippen LogP contribution in [0.5, 0.6) is 0 Å². The molecule has 3 aromatic rings. The number of pyridine rings is 1. The summed E-state index contributed by atoms with van der Waals surface area (Å²) in [4.78, 5) is 47.3. The van der Waals surface area contributed by atoms with Gasteiger partial charge in [-0.05, 0) is 40.7 Å². The third-order valence-corrected chi connectivity index (χ3v) is 7.11. The van der Waals surface area contributed by atoms with E-state index in [-0.39, 0.29) is 30.5 Å². The number of carbonyl (C=O) groups excluding carboxylic acids is 3. The van der Waals surface area contributed by atoms with Gasteiger partial charge in [0.15, 0.2) is 0 Å². The molecule has 3 amide bonds. The minimum atomic E-state index is -0.974. The van der Waals surface area contributed by atoms with E-state index in [1.807, 2.05) is 37.3 Å². The number of nitrogens with two attached hydrogens (primary N) is 1. The van der Waals surface area contributed by atoms with Crippen molar-refractivity contribution in [2.75, 3.05) is 17.7 Å². The molecule has 1 fully saturated rings. The Balaban J connectivity index is 1.63. The van der Waals surface area contributed by atoms with Crippen LogP contribution >= 0.6 is 0 Å². The number of imidazole rings is 1. The van der Waals surface area contributed by atoms with Gasteiger partial charge in [-0.2, -0.15) is 0 Å². The lowest BCUT2D eigenvalue weighted by atomic mass is 9.80. The Morgan fingerprint density at radius 3 is 2.54 bits per heavy atom. The fraction of sp³-hybridized carbons (Fsp3) is 0.370. The summed E-state index contributed by atoms with van der Waals surface area (Å²) in [6.07, 6.45) is 4.34. The number of nitrogen functional groups attached to an aromatic ring is 1. The average molecular weight is 506 g/mol. The molecule has 10 nitrogen and oxygen atoms in total. The van der Waals surface area contributed by atoms with Crippen molar-refractivity contribution in [3.05, 3.63) is 71.7 Å². The van der Waals surface area contributed by atoms with Crippen LogP contribution in [0.15, 0.2) is 54.9 Å². The highest BCUT2D eigenvalue weighted by Crippen LogP contribution is 2.35. The molecule has 3 N–H and O–H groups in total. The first-order valence-electron chi connectivity index (χ1n) is 12.3. The third kappa shape index (κ3) is 4.91. The van der Waals surface area contributed by atoms with Gasteiger partial charge < -0.3 is 9.77 Å². The molecule has 37 heavy (non-hydrogen) atoms. The Morgan fingerprint density at radius 1 is 1.24 bits per heavy atom. The Bertz CT molecular complexity index is 1300. The Kier molecular flexibility index (Phi) is 7.28. The predicted octanol–water partition coefficient (Wildman–Crippen LogP) is 1.98. The van der Waals surface area contributed by atoms with Crippen molar-refractivity contribution < 1.29 is 24.3 Å². The predicted molar refractivity (Wildman–Crippen MR) is 137 cm³/mol. The number of aryl methyl sites for hydroxylation is 2. The number of nitrogens with zero attached hydrogens (tertiary/aromatic N) is 5. The smallest absolute Gasteiger partial charge is 0.312 e. The molecular formula is C27H33N6O4+. The van der Waals surface area contributed by atoms with Gasteiger partial charge in [0.05, 0.1) is 5.92 Å². The summed E-state index contributed by atoms with van der Waals surface area (Å²) in [5, 5.41) is 9.95. The summed E-state index contributed by atoms with van der Waals surface area (Å²) < 4.78 is 2.55. The molecule has 3 heterocycles. The van der Waals surface area contributed by atoms with Gasteiger partial charge in [-0.1, -0.05) is 37.3 Å². The van der Waals surface area contributed by atoms with Crippen molar-refractivity contribution in [2.45, 2.75) is 45.1 Å². The molecule has 0 saturated carbocycles. The van der Waals surface area contributed by atoms with E-state index in [1.165, 1.54) is 4.90 Å². The van der Waals surface area contributed by atoms with Crippen LogP contribution in [0.1, 0.15) is 42.5 Å². The molecule has 0 unspecified atom stereocenters. The Morgan fingerprint density at radius 2 is 1.95 bits per heavy atom. The SMILES string of the molecule is CC[C@@H](CC(=O)N1C(=O)[C@H](Cc2cc(C)[n+](O)c(N)c2)[C@H]1C(=O)N(C)c1nccn1C)c1ccccc1. The number of anilines is 2. The van der Waals surface area contributed by atoms with Gasteiger partial charge in [0.2, 0.25) is 17.8 Å². The van der Waals surface area contributed by atoms with Gasteiger partial charge in [-0.3, -0.25) is 29.9 Å². The van der Waals surface area contributed by atoms with Crippen LogP contribution in [-0.2, 0) is 27.9 Å². The molecule has 4 rings (SSSR count). The first-order chi connectivity index (χ1) is 17.6. The molecule has 0 spiro atoms. The van der Waals surface area contributed by atoms with E-state index in [2.05, 4.69) is 4.98 Å².